The van der Waals surface area contributed by atoms with Gasteiger partial charge in [0.15, 0.2) is 23.1 Å². The molecule has 150 valence electrons. The van der Waals surface area contributed by atoms with Gasteiger partial charge in [-0.1, -0.05) is 29.8 Å². The first-order chi connectivity index (χ1) is 15.1. The number of para-hydroxylation sites is 1. The number of azo groups is 1. The molecule has 0 aliphatic carbocycles. The summed E-state index contributed by atoms with van der Waals surface area (Å²) in [7, 11) is 0. The molecule has 0 fully saturated rings. The van der Waals surface area contributed by atoms with Crippen LogP contribution in [0.4, 0.5) is 34.4 Å². The van der Waals surface area contributed by atoms with Crippen molar-refractivity contribution >= 4 is 46.0 Å². The lowest BCUT2D eigenvalue weighted by Crippen LogP contribution is -2.02. The molecule has 2 aromatic carbocycles. The van der Waals surface area contributed by atoms with Crippen molar-refractivity contribution in [2.45, 2.75) is 0 Å². The lowest BCUT2D eigenvalue weighted by molar-refractivity contribution is 1.13. The molecule has 0 aliphatic heterocycles. The number of rotatable bonds is 5. The topological polar surface area (TPSA) is 106 Å². The van der Waals surface area contributed by atoms with Crippen LogP contribution in [0.25, 0.3) is 16.2 Å². The van der Waals surface area contributed by atoms with Gasteiger partial charge in [-0.25, -0.2) is 14.8 Å². The van der Waals surface area contributed by atoms with Crippen LogP contribution < -0.4 is 11.1 Å². The predicted molar refractivity (Wildman–Crippen MR) is 121 cm³/mol. The summed E-state index contributed by atoms with van der Waals surface area (Å²) >= 11 is 5.96. The molecule has 4 rings (SSSR count). The molecule has 4 aromatic rings. The minimum atomic E-state index is 0.141. The average Bonchev–Trinajstić information content (AvgIpc) is 2.80. The third kappa shape index (κ3) is 4.63. The maximum atomic E-state index is 7.32. The highest BCUT2D eigenvalue weighted by Gasteiger charge is 2.15. The Balaban J connectivity index is 1.80. The van der Waals surface area contributed by atoms with Gasteiger partial charge in [-0.3, -0.25) is 4.98 Å². The zero-order valence-corrected chi connectivity index (χ0v) is 16.8. The standard InChI is InChI=1S/C22H15ClN8/c1-25-18-13-15(23)7-8-17(18)30-31-19-20(24)28-21(14-9-11-26-12-10-14)29-22(19)27-16-5-3-2-4-6-16/h2-13H,(H3,24,27,28,29). The maximum Gasteiger partial charge on any atom is 0.215 e. The van der Waals surface area contributed by atoms with Crippen LogP contribution in [0.1, 0.15) is 0 Å². The van der Waals surface area contributed by atoms with Crippen LogP contribution in [0.5, 0.6) is 0 Å². The van der Waals surface area contributed by atoms with Crippen molar-refractivity contribution in [1.82, 2.24) is 15.0 Å². The van der Waals surface area contributed by atoms with Gasteiger partial charge in [-0.05, 0) is 42.5 Å². The Morgan fingerprint density at radius 2 is 1.74 bits per heavy atom. The lowest BCUT2D eigenvalue weighted by Gasteiger charge is -2.11. The van der Waals surface area contributed by atoms with Gasteiger partial charge in [-0.2, -0.15) is 5.11 Å². The molecule has 0 radical (unpaired) electrons. The number of nitrogen functional groups attached to an aromatic ring is 1. The van der Waals surface area contributed by atoms with Gasteiger partial charge in [0.25, 0.3) is 0 Å². The van der Waals surface area contributed by atoms with Crippen LogP contribution in [0, 0.1) is 6.57 Å². The van der Waals surface area contributed by atoms with E-state index in [2.05, 4.69) is 35.3 Å². The Hall–Kier alpha value is -4.35. The monoisotopic (exact) mass is 426 g/mol. The normalized spacial score (nSPS) is 10.7. The number of nitrogens with one attached hydrogen (secondary N) is 1. The molecule has 2 aromatic heterocycles. The Labute approximate surface area is 183 Å². The second kappa shape index (κ2) is 8.98. The molecule has 0 saturated heterocycles. The number of nitrogens with zero attached hydrogens (tertiary/aromatic N) is 6. The molecule has 9 heteroatoms. The van der Waals surface area contributed by atoms with Crippen molar-refractivity contribution in [2.24, 2.45) is 10.2 Å². The first-order valence-corrected chi connectivity index (χ1v) is 9.50. The van der Waals surface area contributed by atoms with Gasteiger partial charge in [0, 0.05) is 28.7 Å². The van der Waals surface area contributed by atoms with Gasteiger partial charge in [0.05, 0.1) is 12.3 Å². The maximum absolute atomic E-state index is 7.32. The highest BCUT2D eigenvalue weighted by Crippen LogP contribution is 2.37. The summed E-state index contributed by atoms with van der Waals surface area (Å²) in [6, 6.07) is 17.8. The number of anilines is 3. The van der Waals surface area contributed by atoms with E-state index < -0.39 is 0 Å². The molecular weight excluding hydrogens is 412 g/mol. The first kappa shape index (κ1) is 19.9. The zero-order valence-electron chi connectivity index (χ0n) is 16.1. The number of benzene rings is 2. The van der Waals surface area contributed by atoms with E-state index in [0.29, 0.717) is 22.4 Å². The Bertz CT molecular complexity index is 1280. The van der Waals surface area contributed by atoms with E-state index in [1.807, 2.05) is 30.3 Å². The largest absolute Gasteiger partial charge is 0.382 e. The van der Waals surface area contributed by atoms with Crippen LogP contribution >= 0.6 is 11.6 Å². The molecule has 0 atom stereocenters. The van der Waals surface area contributed by atoms with E-state index in [4.69, 9.17) is 23.9 Å². The Morgan fingerprint density at radius 1 is 0.968 bits per heavy atom. The lowest BCUT2D eigenvalue weighted by atomic mass is 10.2. The van der Waals surface area contributed by atoms with E-state index >= 15 is 0 Å². The fraction of sp³-hybridized carbons (Fsp3) is 0. The molecular formula is C22H15ClN8. The summed E-state index contributed by atoms with van der Waals surface area (Å²) in [6.07, 6.45) is 3.30. The number of pyridine rings is 1. The van der Waals surface area contributed by atoms with Crippen LogP contribution in [0.2, 0.25) is 5.02 Å². The number of hydrogen-bond acceptors (Lipinski definition) is 7. The molecule has 2 heterocycles. The molecule has 0 saturated carbocycles. The van der Waals surface area contributed by atoms with Crippen molar-refractivity contribution < 1.29 is 0 Å². The molecule has 0 amide bonds. The van der Waals surface area contributed by atoms with Crippen molar-refractivity contribution in [3.63, 3.8) is 0 Å². The summed E-state index contributed by atoms with van der Waals surface area (Å²) in [5.74, 6) is 0.945. The van der Waals surface area contributed by atoms with Gasteiger partial charge >= 0.3 is 0 Å². The van der Waals surface area contributed by atoms with Crippen LogP contribution in [0.15, 0.2) is 83.3 Å². The number of halogens is 1. The minimum absolute atomic E-state index is 0.141. The van der Waals surface area contributed by atoms with E-state index in [0.717, 1.165) is 11.3 Å². The number of nitrogens with two attached hydrogens (primary N) is 1. The fourth-order valence-electron chi connectivity index (χ4n) is 2.72. The van der Waals surface area contributed by atoms with Crippen molar-refractivity contribution in [3.8, 4) is 11.4 Å². The molecule has 0 bridgehead atoms. The average molecular weight is 427 g/mol. The summed E-state index contributed by atoms with van der Waals surface area (Å²) in [5.41, 5.74) is 8.69. The quantitative estimate of drug-likeness (QED) is 0.280. The summed E-state index contributed by atoms with van der Waals surface area (Å²) < 4.78 is 0. The zero-order chi connectivity index (χ0) is 21.6. The molecule has 3 N–H and O–H groups in total. The number of aromatic nitrogens is 3. The first-order valence-electron chi connectivity index (χ1n) is 9.13. The smallest absolute Gasteiger partial charge is 0.215 e. The molecule has 8 nitrogen and oxygen atoms in total. The SMILES string of the molecule is [C-]#[N+]c1cc(Cl)ccc1N=Nc1c(N)nc(-c2ccncc2)nc1Nc1ccccc1. The second-order valence-electron chi connectivity index (χ2n) is 6.30. The van der Waals surface area contributed by atoms with Gasteiger partial charge in [-0.15, -0.1) is 5.11 Å². The third-order valence-corrected chi connectivity index (χ3v) is 4.44. The molecule has 0 spiro atoms. The fourth-order valence-corrected chi connectivity index (χ4v) is 2.89. The summed E-state index contributed by atoms with van der Waals surface area (Å²) in [4.78, 5) is 16.4. The minimum Gasteiger partial charge on any atom is -0.382 e. The van der Waals surface area contributed by atoms with Crippen LogP contribution in [-0.2, 0) is 0 Å². The highest BCUT2D eigenvalue weighted by molar-refractivity contribution is 6.31. The van der Waals surface area contributed by atoms with E-state index in [1.165, 1.54) is 6.07 Å². The van der Waals surface area contributed by atoms with E-state index in [1.54, 1.807) is 36.7 Å². The molecule has 0 aliphatic rings. The number of hydrogen-bond donors (Lipinski definition) is 2. The predicted octanol–water partition coefficient (Wildman–Crippen LogP) is 6.48. The summed E-state index contributed by atoms with van der Waals surface area (Å²) in [6.45, 7) is 7.32. The van der Waals surface area contributed by atoms with Gasteiger partial charge in [0.1, 0.15) is 0 Å². The van der Waals surface area contributed by atoms with Gasteiger partial charge in [0.2, 0.25) is 5.69 Å². The van der Waals surface area contributed by atoms with Crippen LogP contribution in [-0.4, -0.2) is 15.0 Å². The molecule has 31 heavy (non-hydrogen) atoms. The van der Waals surface area contributed by atoms with Crippen molar-refractivity contribution in [1.29, 1.82) is 0 Å². The second-order valence-corrected chi connectivity index (χ2v) is 6.74. The summed E-state index contributed by atoms with van der Waals surface area (Å²) in [5, 5.41) is 12.1. The van der Waals surface area contributed by atoms with E-state index in [-0.39, 0.29) is 17.2 Å². The highest BCUT2D eigenvalue weighted by atomic mass is 35.5. The Morgan fingerprint density at radius 3 is 2.48 bits per heavy atom. The van der Waals surface area contributed by atoms with Gasteiger partial charge < -0.3 is 11.1 Å². The third-order valence-electron chi connectivity index (χ3n) is 4.20. The van der Waals surface area contributed by atoms with Crippen molar-refractivity contribution in [3.05, 3.63) is 89.5 Å². The van der Waals surface area contributed by atoms with Crippen molar-refractivity contribution in [2.75, 3.05) is 11.1 Å². The van der Waals surface area contributed by atoms with Crippen LogP contribution in [0.3, 0.4) is 0 Å². The van der Waals surface area contributed by atoms with E-state index in [9.17, 15) is 0 Å². The Kier molecular flexibility index (Phi) is 5.78. The molecule has 0 unspecified atom stereocenters.